The summed E-state index contributed by atoms with van der Waals surface area (Å²) in [7, 11) is 0. The molecular weight excluding hydrogens is 502 g/mol. The van der Waals surface area contributed by atoms with E-state index in [9.17, 15) is 22.4 Å². The lowest BCUT2D eigenvalue weighted by atomic mass is 10.0. The molecule has 35 heavy (non-hydrogen) atoms. The van der Waals surface area contributed by atoms with Gasteiger partial charge in [-0.05, 0) is 56.0 Å². The number of nitrogens with zero attached hydrogens (tertiary/aromatic N) is 1. The van der Waals surface area contributed by atoms with Gasteiger partial charge in [0.15, 0.2) is 0 Å². The Morgan fingerprint density at radius 3 is 2.69 bits per heavy atom. The third kappa shape index (κ3) is 5.98. The average molecular weight is 526 g/mol. The number of carbonyl (C=O) groups is 1. The summed E-state index contributed by atoms with van der Waals surface area (Å²) in [6, 6.07) is 6.89. The van der Waals surface area contributed by atoms with Gasteiger partial charge in [0.05, 0.1) is 27.2 Å². The first-order valence-electron chi connectivity index (χ1n) is 11.0. The van der Waals surface area contributed by atoms with E-state index in [1.807, 2.05) is 26.0 Å². The fourth-order valence-electron chi connectivity index (χ4n) is 3.94. The molecule has 2 aromatic carbocycles. The minimum atomic E-state index is -4.72. The topological polar surface area (TPSA) is 59.4 Å². The summed E-state index contributed by atoms with van der Waals surface area (Å²) < 4.78 is 59.8. The van der Waals surface area contributed by atoms with Gasteiger partial charge in [-0.15, -0.1) is 23.1 Å². The molecule has 4 rings (SSSR count). The number of aromatic nitrogens is 1. The molecule has 0 amide bonds. The molecule has 0 spiro atoms. The van der Waals surface area contributed by atoms with Crippen LogP contribution in [0.4, 0.5) is 17.6 Å². The van der Waals surface area contributed by atoms with Crippen LogP contribution in [0.15, 0.2) is 40.8 Å². The van der Waals surface area contributed by atoms with Crippen molar-refractivity contribution in [3.63, 3.8) is 0 Å². The van der Waals surface area contributed by atoms with Crippen LogP contribution >= 0.6 is 23.1 Å². The maximum Gasteiger partial charge on any atom is 0.419 e. The van der Waals surface area contributed by atoms with E-state index < -0.39 is 23.5 Å². The van der Waals surface area contributed by atoms with Crippen molar-refractivity contribution in [3.05, 3.63) is 68.3 Å². The molecule has 0 saturated carbocycles. The molecule has 1 unspecified atom stereocenters. The maximum atomic E-state index is 14.1. The summed E-state index contributed by atoms with van der Waals surface area (Å²) in [5.41, 5.74) is 2.15. The fourth-order valence-corrected chi connectivity index (χ4v) is 6.24. The number of allylic oxidation sites excluding steroid dienone is 1. The number of hydrogen-bond donors (Lipinski definition) is 1. The highest BCUT2D eigenvalue weighted by atomic mass is 32.2. The highest BCUT2D eigenvalue weighted by molar-refractivity contribution is 8.03. The van der Waals surface area contributed by atoms with Crippen LogP contribution in [0.5, 0.6) is 5.75 Å². The van der Waals surface area contributed by atoms with Gasteiger partial charge in [0, 0.05) is 22.6 Å². The molecule has 10 heteroatoms. The Morgan fingerprint density at radius 2 is 2.00 bits per heavy atom. The van der Waals surface area contributed by atoms with Gasteiger partial charge in [0.25, 0.3) is 0 Å². The average Bonchev–Trinajstić information content (AvgIpc) is 3.20. The monoisotopic (exact) mass is 525 g/mol. The van der Waals surface area contributed by atoms with E-state index in [1.54, 1.807) is 0 Å². The summed E-state index contributed by atoms with van der Waals surface area (Å²) in [5, 5.41) is 9.50. The number of carboxylic acids is 1. The third-order valence-electron chi connectivity index (χ3n) is 5.83. The third-order valence-corrected chi connectivity index (χ3v) is 8.64. The number of fused-ring (bicyclic) bond motifs is 1. The number of hydrogen-bond acceptors (Lipinski definition) is 5. The Morgan fingerprint density at radius 1 is 1.23 bits per heavy atom. The van der Waals surface area contributed by atoms with Gasteiger partial charge < -0.3 is 9.84 Å². The smallest absolute Gasteiger partial charge is 0.419 e. The zero-order valence-electron chi connectivity index (χ0n) is 19.0. The van der Waals surface area contributed by atoms with Crippen LogP contribution in [0, 0.1) is 12.7 Å². The van der Waals surface area contributed by atoms with E-state index in [2.05, 4.69) is 4.98 Å². The molecule has 3 aromatic rings. The summed E-state index contributed by atoms with van der Waals surface area (Å²) in [6.07, 6.45) is -2.87. The van der Waals surface area contributed by atoms with Crippen LogP contribution in [0.2, 0.25) is 0 Å². The highest BCUT2D eigenvalue weighted by Crippen LogP contribution is 2.46. The van der Waals surface area contributed by atoms with Crippen molar-refractivity contribution in [1.82, 2.24) is 4.98 Å². The lowest BCUT2D eigenvalue weighted by Gasteiger charge is -2.26. The van der Waals surface area contributed by atoms with Crippen LogP contribution in [-0.2, 0) is 17.4 Å². The molecule has 1 N–H and O–H groups in total. The van der Waals surface area contributed by atoms with Gasteiger partial charge in [-0.25, -0.2) is 9.37 Å². The molecule has 1 aliphatic rings. The van der Waals surface area contributed by atoms with Gasteiger partial charge in [-0.3, -0.25) is 4.79 Å². The second-order valence-electron chi connectivity index (χ2n) is 8.46. The predicted octanol–water partition coefficient (Wildman–Crippen LogP) is 7.70. The van der Waals surface area contributed by atoms with Crippen molar-refractivity contribution in [2.75, 3.05) is 6.61 Å². The number of thiazole rings is 1. The minimum absolute atomic E-state index is 0.0247. The number of aliphatic carboxylic acids is 1. The van der Waals surface area contributed by atoms with Crippen LogP contribution in [0.3, 0.4) is 0 Å². The Balaban J connectivity index is 1.46. The normalized spacial score (nSPS) is 16.7. The lowest BCUT2D eigenvalue weighted by Crippen LogP contribution is -2.11. The number of aryl methyl sites for hydroxylation is 2. The van der Waals surface area contributed by atoms with Crippen molar-refractivity contribution in [3.8, 4) is 5.75 Å². The fraction of sp³-hybridized carbons (Fsp3) is 0.360. The van der Waals surface area contributed by atoms with Gasteiger partial charge in [0.2, 0.25) is 0 Å². The maximum absolute atomic E-state index is 14.1. The van der Waals surface area contributed by atoms with Crippen molar-refractivity contribution in [2.24, 2.45) is 0 Å². The molecule has 2 heterocycles. The standard InChI is InChI=1S/C25H23F4NO3S2/c1-13-3-6-20(15-4-5-17(18(26)10-15)25(27,28)29)34-21(13)12-33-16-9-14(2)24-19(11-16)30-22(35-24)7-8-23(31)32/h4-5,9-11,20H,3,6-8,12H2,1-2H3,(H,31,32). The molecule has 1 atom stereocenters. The molecule has 4 nitrogen and oxygen atoms in total. The van der Waals surface area contributed by atoms with E-state index in [0.29, 0.717) is 24.2 Å². The first-order valence-corrected chi connectivity index (χ1v) is 12.7. The van der Waals surface area contributed by atoms with E-state index in [1.165, 1.54) is 29.2 Å². The summed E-state index contributed by atoms with van der Waals surface area (Å²) >= 11 is 2.97. The predicted molar refractivity (Wildman–Crippen MR) is 129 cm³/mol. The number of ether oxygens (including phenoxy) is 1. The van der Waals surface area contributed by atoms with Gasteiger partial charge >= 0.3 is 12.1 Å². The molecule has 0 fully saturated rings. The van der Waals surface area contributed by atoms with E-state index in [0.717, 1.165) is 49.8 Å². The van der Waals surface area contributed by atoms with Crippen molar-refractivity contribution in [1.29, 1.82) is 0 Å². The number of benzene rings is 2. The van der Waals surface area contributed by atoms with Crippen LogP contribution in [-0.4, -0.2) is 22.7 Å². The second-order valence-corrected chi connectivity index (χ2v) is 10.8. The van der Waals surface area contributed by atoms with Crippen LogP contribution < -0.4 is 4.74 Å². The van der Waals surface area contributed by atoms with E-state index >= 15 is 0 Å². The Hall–Kier alpha value is -2.59. The highest BCUT2D eigenvalue weighted by Gasteiger charge is 2.34. The first kappa shape index (κ1) is 25.5. The Labute approximate surface area is 208 Å². The van der Waals surface area contributed by atoms with Gasteiger partial charge in [-0.2, -0.15) is 13.2 Å². The summed E-state index contributed by atoms with van der Waals surface area (Å²) in [5.74, 6) is -1.49. The summed E-state index contributed by atoms with van der Waals surface area (Å²) in [4.78, 5) is 16.4. The van der Waals surface area contributed by atoms with Crippen LogP contribution in [0.25, 0.3) is 10.2 Å². The van der Waals surface area contributed by atoms with Crippen molar-refractivity contribution >= 4 is 39.3 Å². The van der Waals surface area contributed by atoms with Gasteiger partial charge in [0.1, 0.15) is 18.2 Å². The molecule has 0 aliphatic carbocycles. The molecule has 1 aliphatic heterocycles. The van der Waals surface area contributed by atoms with E-state index in [-0.39, 0.29) is 18.3 Å². The molecule has 1 aromatic heterocycles. The minimum Gasteiger partial charge on any atom is -0.488 e. The van der Waals surface area contributed by atoms with Crippen molar-refractivity contribution < 1.29 is 32.2 Å². The molecular formula is C25H23F4NO3S2. The molecule has 0 bridgehead atoms. The quantitative estimate of drug-likeness (QED) is 0.320. The Kier molecular flexibility index (Phi) is 7.42. The zero-order chi connectivity index (χ0) is 25.3. The SMILES string of the molecule is CC1=C(COc2cc(C)c3sc(CCC(=O)O)nc3c2)SC(c2ccc(C(F)(F)F)c(F)c2)CC1. The number of alkyl halides is 3. The van der Waals surface area contributed by atoms with E-state index in [4.69, 9.17) is 9.84 Å². The zero-order valence-corrected chi connectivity index (χ0v) is 20.7. The molecule has 0 radical (unpaired) electrons. The van der Waals surface area contributed by atoms with Crippen molar-refractivity contribution in [2.45, 2.75) is 51.0 Å². The number of rotatable bonds is 7. The van der Waals surface area contributed by atoms with Gasteiger partial charge in [-0.1, -0.05) is 11.6 Å². The number of halogens is 4. The largest absolute Gasteiger partial charge is 0.488 e. The molecule has 186 valence electrons. The Bertz CT molecular complexity index is 1300. The number of thioether (sulfide) groups is 1. The number of carboxylic acid groups (broad SMARTS) is 1. The second kappa shape index (κ2) is 10.2. The van der Waals surface area contributed by atoms with Crippen LogP contribution in [0.1, 0.15) is 53.1 Å². The summed E-state index contributed by atoms with van der Waals surface area (Å²) in [6.45, 7) is 4.24. The molecule has 0 saturated heterocycles. The lowest BCUT2D eigenvalue weighted by molar-refractivity contribution is -0.140. The first-order chi connectivity index (χ1) is 16.5.